The maximum atomic E-state index is 12.4. The molecular formula is C18H22N6O4. The number of ether oxygens (including phenoxy) is 1. The van der Waals surface area contributed by atoms with Crippen molar-refractivity contribution >= 4 is 11.8 Å². The molecule has 0 aliphatic carbocycles. The van der Waals surface area contributed by atoms with Crippen LogP contribution in [0.1, 0.15) is 17.4 Å². The third kappa shape index (κ3) is 4.12. The molecule has 2 aromatic heterocycles. The quantitative estimate of drug-likeness (QED) is 0.563. The molecule has 0 bridgehead atoms. The predicted octanol–water partition coefficient (Wildman–Crippen LogP) is 1.64. The molecule has 10 heteroatoms. The Labute approximate surface area is 161 Å². The largest absolute Gasteiger partial charge is 0.496 e. The minimum absolute atomic E-state index is 0.145. The molecule has 2 amide bonds. The van der Waals surface area contributed by atoms with Gasteiger partial charge in [0, 0.05) is 25.6 Å². The molecule has 3 aromatic rings. The zero-order valence-corrected chi connectivity index (χ0v) is 15.9. The molecular weight excluding hydrogens is 364 g/mol. The van der Waals surface area contributed by atoms with E-state index >= 15 is 0 Å². The molecule has 10 nitrogen and oxygen atoms in total. The van der Waals surface area contributed by atoms with Crippen LogP contribution in [0.2, 0.25) is 0 Å². The fourth-order valence-corrected chi connectivity index (χ4v) is 2.87. The van der Waals surface area contributed by atoms with Gasteiger partial charge >= 0.3 is 6.03 Å². The number of methoxy groups -OCH3 is 1. The molecule has 0 fully saturated rings. The lowest BCUT2D eigenvalue weighted by atomic mass is 10.0. The van der Waals surface area contributed by atoms with Gasteiger partial charge in [-0.3, -0.25) is 10.00 Å². The highest BCUT2D eigenvalue weighted by molar-refractivity contribution is 5.94. The van der Waals surface area contributed by atoms with Crippen molar-refractivity contribution in [3.05, 3.63) is 41.7 Å². The number of amides is 2. The number of carbonyl (C=O) groups excluding carboxylic acids is 1. The summed E-state index contributed by atoms with van der Waals surface area (Å²) >= 11 is 0. The number of carbonyl (C=O) groups is 1. The standard InChI is InChI=1S/C18H22N6O4/c1-11-16(12-6-4-5-7-13(12)27-3)17(24(2)22-11)21-18(26)19-9-8-14-20-15(10-25)28-23-14/h4-7,25H,8-10H2,1-3H3,(H2,19,21,26). The molecule has 2 heterocycles. The number of aromatic nitrogens is 4. The molecule has 0 saturated carbocycles. The molecule has 148 valence electrons. The van der Waals surface area contributed by atoms with Gasteiger partial charge in [0.2, 0.25) is 0 Å². The minimum atomic E-state index is -0.384. The number of para-hydroxylation sites is 1. The number of anilines is 1. The highest BCUT2D eigenvalue weighted by Crippen LogP contribution is 2.36. The summed E-state index contributed by atoms with van der Waals surface area (Å²) in [5.74, 6) is 1.81. The topological polar surface area (TPSA) is 127 Å². The lowest BCUT2D eigenvalue weighted by molar-refractivity contribution is 0.222. The van der Waals surface area contributed by atoms with E-state index in [4.69, 9.17) is 14.4 Å². The lowest BCUT2D eigenvalue weighted by Crippen LogP contribution is -2.31. The Balaban J connectivity index is 1.71. The second-order valence-corrected chi connectivity index (χ2v) is 6.03. The molecule has 28 heavy (non-hydrogen) atoms. The van der Waals surface area contributed by atoms with E-state index in [0.717, 1.165) is 16.8 Å². The smallest absolute Gasteiger partial charge is 0.320 e. The van der Waals surface area contributed by atoms with Crippen LogP contribution in [0, 0.1) is 6.92 Å². The molecule has 1 aromatic carbocycles. The summed E-state index contributed by atoms with van der Waals surface area (Å²) in [7, 11) is 3.36. The van der Waals surface area contributed by atoms with Crippen LogP contribution in [-0.2, 0) is 20.1 Å². The van der Waals surface area contributed by atoms with Gasteiger partial charge in [0.1, 0.15) is 18.2 Å². The highest BCUT2D eigenvalue weighted by Gasteiger charge is 2.20. The summed E-state index contributed by atoms with van der Waals surface area (Å²) in [6.07, 6.45) is 0.376. The van der Waals surface area contributed by atoms with E-state index in [1.807, 2.05) is 31.2 Å². The first-order valence-corrected chi connectivity index (χ1v) is 8.67. The van der Waals surface area contributed by atoms with E-state index < -0.39 is 0 Å². The Morgan fingerprint density at radius 2 is 2.14 bits per heavy atom. The van der Waals surface area contributed by atoms with E-state index in [1.54, 1.807) is 18.8 Å². The van der Waals surface area contributed by atoms with Crippen molar-refractivity contribution in [3.63, 3.8) is 0 Å². The Morgan fingerprint density at radius 1 is 1.36 bits per heavy atom. The number of nitrogens with zero attached hydrogens (tertiary/aromatic N) is 4. The van der Waals surface area contributed by atoms with Crippen molar-refractivity contribution in [2.24, 2.45) is 7.05 Å². The Bertz CT molecular complexity index is 965. The number of aliphatic hydroxyl groups excluding tert-OH is 1. The van der Waals surface area contributed by atoms with Gasteiger partial charge in [-0.05, 0) is 13.0 Å². The van der Waals surface area contributed by atoms with Crippen LogP contribution in [0.5, 0.6) is 5.75 Å². The summed E-state index contributed by atoms with van der Waals surface area (Å²) in [4.78, 5) is 16.3. The van der Waals surface area contributed by atoms with Crippen LogP contribution < -0.4 is 15.4 Å². The maximum Gasteiger partial charge on any atom is 0.320 e. The zero-order chi connectivity index (χ0) is 20.1. The normalized spacial score (nSPS) is 10.7. The Kier molecular flexibility index (Phi) is 5.90. The molecule has 0 atom stereocenters. The summed E-state index contributed by atoms with van der Waals surface area (Å²) < 4.78 is 11.9. The Morgan fingerprint density at radius 3 is 2.86 bits per heavy atom. The van der Waals surface area contributed by atoms with Gasteiger partial charge in [0.15, 0.2) is 5.82 Å². The van der Waals surface area contributed by atoms with Crippen molar-refractivity contribution in [1.82, 2.24) is 25.2 Å². The average molecular weight is 386 g/mol. The second-order valence-electron chi connectivity index (χ2n) is 6.03. The SMILES string of the molecule is COc1ccccc1-c1c(C)nn(C)c1NC(=O)NCCc1noc(CO)n1. The molecule has 0 aliphatic rings. The zero-order valence-electron chi connectivity index (χ0n) is 15.9. The number of hydrogen-bond donors (Lipinski definition) is 3. The Hall–Kier alpha value is -3.40. The van der Waals surface area contributed by atoms with E-state index in [9.17, 15) is 4.79 Å². The van der Waals surface area contributed by atoms with Crippen molar-refractivity contribution < 1.29 is 19.2 Å². The summed E-state index contributed by atoms with van der Waals surface area (Å²) in [5, 5.41) is 22.6. The summed E-state index contributed by atoms with van der Waals surface area (Å²) in [5.41, 5.74) is 2.40. The molecule has 3 rings (SSSR count). The van der Waals surface area contributed by atoms with Crippen LogP contribution >= 0.6 is 0 Å². The molecule has 0 spiro atoms. The average Bonchev–Trinajstić information content (AvgIpc) is 3.26. The number of benzene rings is 1. The van der Waals surface area contributed by atoms with Crippen LogP contribution in [0.15, 0.2) is 28.8 Å². The van der Waals surface area contributed by atoms with Gasteiger partial charge in [0.25, 0.3) is 5.89 Å². The van der Waals surface area contributed by atoms with Gasteiger partial charge in [-0.1, -0.05) is 23.4 Å². The molecule has 0 unspecified atom stereocenters. The fourth-order valence-electron chi connectivity index (χ4n) is 2.87. The van der Waals surface area contributed by atoms with Gasteiger partial charge in [-0.2, -0.15) is 10.1 Å². The number of nitrogens with one attached hydrogen (secondary N) is 2. The first-order valence-electron chi connectivity index (χ1n) is 8.67. The van der Waals surface area contributed by atoms with Crippen LogP contribution in [0.4, 0.5) is 10.6 Å². The van der Waals surface area contributed by atoms with Gasteiger partial charge < -0.3 is 19.7 Å². The molecule has 3 N–H and O–H groups in total. The highest BCUT2D eigenvalue weighted by atomic mass is 16.5. The monoisotopic (exact) mass is 386 g/mol. The molecule has 0 saturated heterocycles. The van der Waals surface area contributed by atoms with Gasteiger partial charge in [0.05, 0.1) is 18.4 Å². The number of hydrogen-bond acceptors (Lipinski definition) is 7. The molecule has 0 aliphatic heterocycles. The number of aliphatic hydroxyl groups is 1. The van der Waals surface area contributed by atoms with Crippen molar-refractivity contribution in [1.29, 1.82) is 0 Å². The van der Waals surface area contributed by atoms with Crippen molar-refractivity contribution in [3.8, 4) is 16.9 Å². The van der Waals surface area contributed by atoms with Crippen molar-refractivity contribution in [2.75, 3.05) is 19.0 Å². The van der Waals surface area contributed by atoms with E-state index in [2.05, 4.69) is 25.9 Å². The van der Waals surface area contributed by atoms with E-state index in [1.165, 1.54) is 0 Å². The summed E-state index contributed by atoms with van der Waals surface area (Å²) in [6.45, 7) is 1.86. The minimum Gasteiger partial charge on any atom is -0.496 e. The van der Waals surface area contributed by atoms with Crippen molar-refractivity contribution in [2.45, 2.75) is 20.0 Å². The lowest BCUT2D eigenvalue weighted by Gasteiger charge is -2.12. The fraction of sp³-hybridized carbons (Fsp3) is 0.333. The van der Waals surface area contributed by atoms with E-state index in [0.29, 0.717) is 30.4 Å². The van der Waals surface area contributed by atoms with Crippen LogP contribution in [0.3, 0.4) is 0 Å². The number of urea groups is 1. The number of rotatable bonds is 7. The maximum absolute atomic E-state index is 12.4. The second kappa shape index (κ2) is 8.53. The summed E-state index contributed by atoms with van der Waals surface area (Å²) in [6, 6.07) is 7.18. The molecule has 0 radical (unpaired) electrons. The van der Waals surface area contributed by atoms with Crippen LogP contribution in [-0.4, -0.2) is 44.7 Å². The first-order chi connectivity index (χ1) is 13.5. The van der Waals surface area contributed by atoms with E-state index in [-0.39, 0.29) is 18.5 Å². The third-order valence-electron chi connectivity index (χ3n) is 4.11. The van der Waals surface area contributed by atoms with Crippen LogP contribution in [0.25, 0.3) is 11.1 Å². The number of aryl methyl sites for hydroxylation is 2. The van der Waals surface area contributed by atoms with Gasteiger partial charge in [-0.25, -0.2) is 4.79 Å². The van der Waals surface area contributed by atoms with Gasteiger partial charge in [-0.15, -0.1) is 0 Å². The third-order valence-corrected chi connectivity index (χ3v) is 4.11. The first kappa shape index (κ1) is 19.4. The predicted molar refractivity (Wildman–Crippen MR) is 101 cm³/mol.